The average Bonchev–Trinajstić information content (AvgIpc) is 2.72. The monoisotopic (exact) mass is 398 g/mol. The zero-order chi connectivity index (χ0) is 20.1. The first-order valence-corrected chi connectivity index (χ1v) is 9.52. The minimum atomic E-state index is -0.0675. The van der Waals surface area contributed by atoms with E-state index in [1.165, 1.54) is 0 Å². The standard InChI is InChI=1S/C22H23ClN2O3/c1-16-3-9-20(28-2)18(15-16)6-10-21(26)24-11-13-25(14-12-24)22(27)17-4-7-19(23)8-5-17/h3-10,15H,11-14H2,1-2H3/b10-6+. The maximum atomic E-state index is 12.6. The lowest BCUT2D eigenvalue weighted by Gasteiger charge is -2.34. The number of halogens is 1. The highest BCUT2D eigenvalue weighted by Crippen LogP contribution is 2.21. The molecule has 0 aliphatic carbocycles. The van der Waals surface area contributed by atoms with Gasteiger partial charge in [-0.2, -0.15) is 0 Å². The van der Waals surface area contributed by atoms with Crippen molar-refractivity contribution in [2.45, 2.75) is 6.92 Å². The fraction of sp³-hybridized carbons (Fsp3) is 0.273. The van der Waals surface area contributed by atoms with Gasteiger partial charge in [0, 0.05) is 48.4 Å². The molecule has 0 atom stereocenters. The summed E-state index contributed by atoms with van der Waals surface area (Å²) in [5, 5.41) is 0.601. The number of aryl methyl sites for hydroxylation is 1. The van der Waals surface area contributed by atoms with Gasteiger partial charge in [-0.05, 0) is 49.4 Å². The van der Waals surface area contributed by atoms with Crippen LogP contribution in [0.25, 0.3) is 6.08 Å². The molecule has 28 heavy (non-hydrogen) atoms. The highest BCUT2D eigenvalue weighted by Gasteiger charge is 2.23. The lowest BCUT2D eigenvalue weighted by Crippen LogP contribution is -2.50. The van der Waals surface area contributed by atoms with Gasteiger partial charge in [-0.25, -0.2) is 0 Å². The SMILES string of the molecule is COc1ccc(C)cc1/C=C/C(=O)N1CCN(C(=O)c2ccc(Cl)cc2)CC1. The average molecular weight is 399 g/mol. The number of piperazine rings is 1. The first-order valence-electron chi connectivity index (χ1n) is 9.14. The van der Waals surface area contributed by atoms with E-state index < -0.39 is 0 Å². The highest BCUT2D eigenvalue weighted by atomic mass is 35.5. The van der Waals surface area contributed by atoms with Crippen molar-refractivity contribution in [3.8, 4) is 5.75 Å². The van der Waals surface area contributed by atoms with Gasteiger partial charge in [-0.1, -0.05) is 23.2 Å². The van der Waals surface area contributed by atoms with E-state index in [-0.39, 0.29) is 11.8 Å². The molecule has 0 spiro atoms. The van der Waals surface area contributed by atoms with Gasteiger partial charge in [-0.15, -0.1) is 0 Å². The summed E-state index contributed by atoms with van der Waals surface area (Å²) >= 11 is 5.87. The van der Waals surface area contributed by atoms with Crippen LogP contribution in [-0.2, 0) is 4.79 Å². The zero-order valence-corrected chi connectivity index (χ0v) is 16.8. The van der Waals surface area contributed by atoms with Crippen molar-refractivity contribution in [3.05, 3.63) is 70.3 Å². The number of ether oxygens (including phenoxy) is 1. The second-order valence-corrected chi connectivity index (χ2v) is 7.14. The molecule has 1 saturated heterocycles. The van der Waals surface area contributed by atoms with E-state index in [1.807, 2.05) is 25.1 Å². The molecule has 1 fully saturated rings. The van der Waals surface area contributed by atoms with Crippen molar-refractivity contribution in [2.24, 2.45) is 0 Å². The summed E-state index contributed by atoms with van der Waals surface area (Å²) in [6.45, 7) is 4.03. The number of benzene rings is 2. The van der Waals surface area contributed by atoms with Gasteiger partial charge >= 0.3 is 0 Å². The molecule has 2 aromatic rings. The van der Waals surface area contributed by atoms with Crippen LogP contribution in [-0.4, -0.2) is 54.9 Å². The fourth-order valence-electron chi connectivity index (χ4n) is 3.16. The Labute approximate surface area is 170 Å². The second kappa shape index (κ2) is 8.93. The Bertz CT molecular complexity index is 885. The van der Waals surface area contributed by atoms with Crippen LogP contribution in [0.5, 0.6) is 5.75 Å². The molecule has 1 heterocycles. The molecule has 0 bridgehead atoms. The third kappa shape index (κ3) is 4.73. The van der Waals surface area contributed by atoms with Crippen LogP contribution >= 0.6 is 11.6 Å². The Hall–Kier alpha value is -2.79. The Morgan fingerprint density at radius 1 is 1.00 bits per heavy atom. The molecule has 1 aliphatic heterocycles. The molecule has 146 valence electrons. The fourth-order valence-corrected chi connectivity index (χ4v) is 3.28. The number of carbonyl (C=O) groups excluding carboxylic acids is 2. The van der Waals surface area contributed by atoms with Gasteiger partial charge in [0.1, 0.15) is 5.75 Å². The maximum absolute atomic E-state index is 12.6. The van der Waals surface area contributed by atoms with Gasteiger partial charge in [0.05, 0.1) is 7.11 Å². The number of methoxy groups -OCH3 is 1. The molecule has 0 unspecified atom stereocenters. The smallest absolute Gasteiger partial charge is 0.253 e. The van der Waals surface area contributed by atoms with Crippen molar-refractivity contribution < 1.29 is 14.3 Å². The van der Waals surface area contributed by atoms with E-state index in [0.29, 0.717) is 36.8 Å². The van der Waals surface area contributed by atoms with E-state index in [2.05, 4.69) is 0 Å². The predicted molar refractivity (Wildman–Crippen MR) is 111 cm³/mol. The van der Waals surface area contributed by atoms with Crippen molar-refractivity contribution in [1.29, 1.82) is 0 Å². The topological polar surface area (TPSA) is 49.9 Å². The first kappa shape index (κ1) is 20.0. The van der Waals surface area contributed by atoms with E-state index >= 15 is 0 Å². The molecule has 2 amide bonds. The minimum Gasteiger partial charge on any atom is -0.496 e. The molecular weight excluding hydrogens is 376 g/mol. The van der Waals surface area contributed by atoms with Crippen molar-refractivity contribution >= 4 is 29.5 Å². The number of hydrogen-bond acceptors (Lipinski definition) is 3. The van der Waals surface area contributed by atoms with Crippen molar-refractivity contribution in [2.75, 3.05) is 33.3 Å². The Morgan fingerprint density at radius 2 is 1.64 bits per heavy atom. The van der Waals surface area contributed by atoms with Crippen molar-refractivity contribution in [3.63, 3.8) is 0 Å². The summed E-state index contributed by atoms with van der Waals surface area (Å²) in [6, 6.07) is 12.7. The quantitative estimate of drug-likeness (QED) is 0.738. The van der Waals surface area contributed by atoms with Gasteiger partial charge in [0.25, 0.3) is 5.91 Å². The molecular formula is C22H23ClN2O3. The minimum absolute atomic E-state index is 0.0381. The number of rotatable bonds is 4. The van der Waals surface area contributed by atoms with E-state index in [0.717, 1.165) is 16.9 Å². The number of nitrogens with zero attached hydrogens (tertiary/aromatic N) is 2. The van der Waals surface area contributed by atoms with Crippen LogP contribution in [0, 0.1) is 6.92 Å². The number of hydrogen-bond donors (Lipinski definition) is 0. The van der Waals surface area contributed by atoms with Crippen LogP contribution in [0.4, 0.5) is 0 Å². The Balaban J connectivity index is 1.59. The van der Waals surface area contributed by atoms with Crippen molar-refractivity contribution in [1.82, 2.24) is 9.80 Å². The predicted octanol–water partition coefficient (Wildman–Crippen LogP) is 3.65. The van der Waals surface area contributed by atoms with Gasteiger partial charge < -0.3 is 14.5 Å². The number of amides is 2. The zero-order valence-electron chi connectivity index (χ0n) is 16.0. The third-order valence-electron chi connectivity index (χ3n) is 4.76. The van der Waals surface area contributed by atoms with E-state index in [1.54, 1.807) is 53.3 Å². The molecule has 0 N–H and O–H groups in total. The molecule has 1 aliphatic rings. The van der Waals surface area contributed by atoms with Crippen LogP contribution in [0.3, 0.4) is 0 Å². The Morgan fingerprint density at radius 3 is 2.29 bits per heavy atom. The molecule has 2 aromatic carbocycles. The Kier molecular flexibility index (Phi) is 6.37. The second-order valence-electron chi connectivity index (χ2n) is 6.70. The largest absolute Gasteiger partial charge is 0.496 e. The molecule has 5 nitrogen and oxygen atoms in total. The summed E-state index contributed by atoms with van der Waals surface area (Å²) in [7, 11) is 1.61. The molecule has 0 radical (unpaired) electrons. The number of carbonyl (C=O) groups is 2. The highest BCUT2D eigenvalue weighted by molar-refractivity contribution is 6.30. The van der Waals surface area contributed by atoms with Gasteiger partial charge in [0.15, 0.2) is 0 Å². The molecule has 3 rings (SSSR count). The van der Waals surface area contributed by atoms with E-state index in [4.69, 9.17) is 16.3 Å². The summed E-state index contributed by atoms with van der Waals surface area (Å²) in [5.74, 6) is 0.624. The van der Waals surface area contributed by atoms with E-state index in [9.17, 15) is 9.59 Å². The first-order chi connectivity index (χ1) is 13.5. The maximum Gasteiger partial charge on any atom is 0.253 e. The lowest BCUT2D eigenvalue weighted by atomic mass is 10.1. The van der Waals surface area contributed by atoms with Crippen LogP contribution in [0.1, 0.15) is 21.5 Å². The van der Waals surface area contributed by atoms with Gasteiger partial charge in [-0.3, -0.25) is 9.59 Å². The summed E-state index contributed by atoms with van der Waals surface area (Å²) in [4.78, 5) is 28.6. The summed E-state index contributed by atoms with van der Waals surface area (Å²) in [5.41, 5.74) is 2.57. The van der Waals surface area contributed by atoms with Crippen LogP contribution < -0.4 is 4.74 Å². The summed E-state index contributed by atoms with van der Waals surface area (Å²) in [6.07, 6.45) is 3.34. The molecule has 0 aromatic heterocycles. The van der Waals surface area contributed by atoms with Gasteiger partial charge in [0.2, 0.25) is 5.91 Å². The third-order valence-corrected chi connectivity index (χ3v) is 5.01. The summed E-state index contributed by atoms with van der Waals surface area (Å²) < 4.78 is 5.34. The lowest BCUT2D eigenvalue weighted by molar-refractivity contribution is -0.127. The van der Waals surface area contributed by atoms with Crippen LogP contribution in [0.15, 0.2) is 48.5 Å². The molecule has 0 saturated carbocycles. The normalized spacial score (nSPS) is 14.4. The molecule has 6 heteroatoms. The van der Waals surface area contributed by atoms with Crippen LogP contribution in [0.2, 0.25) is 5.02 Å².